The van der Waals surface area contributed by atoms with Crippen LogP contribution in [-0.2, 0) is 0 Å². The van der Waals surface area contributed by atoms with Crippen LogP contribution in [0.1, 0.15) is 35.8 Å². The largest absolute Gasteiger partial charge is 0.497 e. The van der Waals surface area contributed by atoms with E-state index in [0.717, 1.165) is 43.1 Å². The van der Waals surface area contributed by atoms with E-state index in [0.29, 0.717) is 27.5 Å². The summed E-state index contributed by atoms with van der Waals surface area (Å²) < 4.78 is 6.96. The number of aryl methyl sites for hydroxylation is 1. The Morgan fingerprint density at radius 1 is 1.29 bits per heavy atom. The average Bonchev–Trinajstić information content (AvgIpc) is 3.05. The third kappa shape index (κ3) is 3.22. The maximum atomic E-state index is 13.0. The molecule has 0 spiro atoms. The molecule has 0 unspecified atom stereocenters. The topological polar surface area (TPSA) is 60.3 Å². The van der Waals surface area contributed by atoms with Gasteiger partial charge in [0.25, 0.3) is 5.91 Å². The van der Waals surface area contributed by atoms with Crippen molar-refractivity contribution in [2.45, 2.75) is 26.7 Å². The molecule has 1 saturated heterocycles. The summed E-state index contributed by atoms with van der Waals surface area (Å²) in [5.74, 6) is 1.22. The molecule has 0 radical (unpaired) electrons. The number of fused-ring (bicyclic) bond motifs is 1. The van der Waals surface area contributed by atoms with E-state index in [1.807, 2.05) is 36.1 Å². The van der Waals surface area contributed by atoms with E-state index >= 15 is 0 Å². The number of benzene rings is 1. The fourth-order valence-electron chi connectivity index (χ4n) is 3.81. The number of hydrogen-bond acceptors (Lipinski definition) is 4. The number of halogens is 1. The summed E-state index contributed by atoms with van der Waals surface area (Å²) in [4.78, 5) is 19.5. The smallest absolute Gasteiger partial charge is 0.256 e. The third-order valence-electron chi connectivity index (χ3n) is 5.30. The molecule has 0 aliphatic carbocycles. The van der Waals surface area contributed by atoms with E-state index in [-0.39, 0.29) is 5.91 Å². The van der Waals surface area contributed by atoms with Crippen LogP contribution in [0.4, 0.5) is 0 Å². The minimum absolute atomic E-state index is 0.0532. The minimum atomic E-state index is -0.0532. The molecule has 0 saturated carbocycles. The number of hydrogen-bond donors (Lipinski definition) is 0. The number of ether oxygens (including phenoxy) is 1. The number of aromatic nitrogens is 3. The van der Waals surface area contributed by atoms with Gasteiger partial charge in [-0.2, -0.15) is 5.10 Å². The molecule has 7 heteroatoms. The van der Waals surface area contributed by atoms with Gasteiger partial charge in [-0.25, -0.2) is 9.67 Å². The monoisotopic (exact) mass is 398 g/mol. The Bertz CT molecular complexity index is 1030. The Balaban J connectivity index is 1.75. The second kappa shape index (κ2) is 7.43. The van der Waals surface area contributed by atoms with Crippen LogP contribution >= 0.6 is 11.6 Å². The molecular weight excluding hydrogens is 376 g/mol. The van der Waals surface area contributed by atoms with Gasteiger partial charge in [0.2, 0.25) is 0 Å². The zero-order chi connectivity index (χ0) is 19.8. The van der Waals surface area contributed by atoms with E-state index in [2.05, 4.69) is 17.0 Å². The quantitative estimate of drug-likeness (QED) is 0.661. The number of carbonyl (C=O) groups is 1. The molecule has 4 rings (SSSR count). The predicted octanol–water partition coefficient (Wildman–Crippen LogP) is 4.26. The molecule has 1 aromatic carbocycles. The molecule has 28 heavy (non-hydrogen) atoms. The Labute approximate surface area is 169 Å². The number of carbonyl (C=O) groups excluding carboxylic acids is 1. The van der Waals surface area contributed by atoms with Crippen molar-refractivity contribution in [3.05, 3.63) is 46.7 Å². The standard InChI is InChI=1S/C21H23ClN4O2/c1-13-5-4-10-25(12-13)21(27)17-11-23-20-18(19(17)22)14(2)24-26(20)15-6-8-16(28-3)9-7-15/h6-9,11,13H,4-5,10,12H2,1-3H3/t13-/m1/s1. The summed E-state index contributed by atoms with van der Waals surface area (Å²) in [6, 6.07) is 7.56. The molecule has 1 amide bonds. The molecule has 6 nitrogen and oxygen atoms in total. The molecular formula is C21H23ClN4O2. The maximum absolute atomic E-state index is 13.0. The summed E-state index contributed by atoms with van der Waals surface area (Å²) in [7, 11) is 1.63. The molecule has 0 N–H and O–H groups in total. The second-order valence-electron chi connectivity index (χ2n) is 7.38. The van der Waals surface area contributed by atoms with Crippen molar-refractivity contribution in [1.29, 1.82) is 0 Å². The highest BCUT2D eigenvalue weighted by Gasteiger charge is 2.26. The van der Waals surface area contributed by atoms with Crippen molar-refractivity contribution in [1.82, 2.24) is 19.7 Å². The van der Waals surface area contributed by atoms with Crippen molar-refractivity contribution in [3.63, 3.8) is 0 Å². The van der Waals surface area contributed by atoms with E-state index in [1.165, 1.54) is 0 Å². The lowest BCUT2D eigenvalue weighted by atomic mass is 9.99. The first kappa shape index (κ1) is 18.7. The maximum Gasteiger partial charge on any atom is 0.256 e. The van der Waals surface area contributed by atoms with Gasteiger partial charge in [-0.05, 0) is 49.9 Å². The highest BCUT2D eigenvalue weighted by Crippen LogP contribution is 2.31. The molecule has 3 aromatic rings. The van der Waals surface area contributed by atoms with Gasteiger partial charge < -0.3 is 9.64 Å². The number of rotatable bonds is 3. The van der Waals surface area contributed by atoms with Gasteiger partial charge in [0.15, 0.2) is 5.65 Å². The highest BCUT2D eigenvalue weighted by atomic mass is 35.5. The van der Waals surface area contributed by atoms with Crippen molar-refractivity contribution < 1.29 is 9.53 Å². The summed E-state index contributed by atoms with van der Waals surface area (Å²) in [6.45, 7) is 5.58. The lowest BCUT2D eigenvalue weighted by molar-refractivity contribution is 0.0683. The third-order valence-corrected chi connectivity index (χ3v) is 5.69. The van der Waals surface area contributed by atoms with E-state index in [9.17, 15) is 4.79 Å². The summed E-state index contributed by atoms with van der Waals surface area (Å²) >= 11 is 6.68. The zero-order valence-corrected chi connectivity index (χ0v) is 17.0. The van der Waals surface area contributed by atoms with Gasteiger partial charge >= 0.3 is 0 Å². The summed E-state index contributed by atoms with van der Waals surface area (Å²) in [5, 5.41) is 5.74. The normalized spacial score (nSPS) is 17.1. The first-order chi connectivity index (χ1) is 13.5. The van der Waals surface area contributed by atoms with Crippen LogP contribution in [0.5, 0.6) is 5.75 Å². The van der Waals surface area contributed by atoms with Gasteiger partial charge in [-0.1, -0.05) is 18.5 Å². The van der Waals surface area contributed by atoms with Gasteiger partial charge in [-0.15, -0.1) is 0 Å². The van der Waals surface area contributed by atoms with Crippen LogP contribution in [-0.4, -0.2) is 45.8 Å². The Morgan fingerprint density at radius 3 is 2.71 bits per heavy atom. The fourth-order valence-corrected chi connectivity index (χ4v) is 4.16. The summed E-state index contributed by atoms with van der Waals surface area (Å²) in [5.41, 5.74) is 2.67. The fraction of sp³-hybridized carbons (Fsp3) is 0.381. The SMILES string of the molecule is COc1ccc(-n2nc(C)c3c(Cl)c(C(=O)N4CCC[C@@H](C)C4)cnc32)cc1. The minimum Gasteiger partial charge on any atom is -0.497 e. The molecule has 3 heterocycles. The number of amides is 1. The van der Waals surface area contributed by atoms with E-state index in [4.69, 9.17) is 16.3 Å². The highest BCUT2D eigenvalue weighted by molar-refractivity contribution is 6.38. The molecule has 146 valence electrons. The Hall–Kier alpha value is -2.60. The molecule has 1 aliphatic rings. The van der Waals surface area contributed by atoms with Crippen molar-refractivity contribution >= 4 is 28.5 Å². The Kier molecular flexibility index (Phi) is 4.98. The van der Waals surface area contributed by atoms with Gasteiger partial charge in [-0.3, -0.25) is 4.79 Å². The van der Waals surface area contributed by atoms with Crippen LogP contribution in [0.15, 0.2) is 30.5 Å². The van der Waals surface area contributed by atoms with Crippen molar-refractivity contribution in [2.75, 3.05) is 20.2 Å². The van der Waals surface area contributed by atoms with Gasteiger partial charge in [0, 0.05) is 19.3 Å². The second-order valence-corrected chi connectivity index (χ2v) is 7.76. The van der Waals surface area contributed by atoms with Crippen molar-refractivity contribution in [3.8, 4) is 11.4 Å². The number of likely N-dealkylation sites (tertiary alicyclic amines) is 1. The van der Waals surface area contributed by atoms with Crippen LogP contribution < -0.4 is 4.74 Å². The Morgan fingerprint density at radius 2 is 2.04 bits per heavy atom. The van der Waals surface area contributed by atoms with Gasteiger partial charge in [0.1, 0.15) is 5.75 Å². The predicted molar refractivity (Wildman–Crippen MR) is 109 cm³/mol. The molecule has 1 atom stereocenters. The lowest BCUT2D eigenvalue weighted by Crippen LogP contribution is -2.39. The van der Waals surface area contributed by atoms with Crippen LogP contribution in [0.2, 0.25) is 5.02 Å². The lowest BCUT2D eigenvalue weighted by Gasteiger charge is -2.31. The number of piperidine rings is 1. The first-order valence-corrected chi connectivity index (χ1v) is 9.85. The summed E-state index contributed by atoms with van der Waals surface area (Å²) in [6.07, 6.45) is 3.75. The van der Waals surface area contributed by atoms with Crippen LogP contribution in [0, 0.1) is 12.8 Å². The van der Waals surface area contributed by atoms with E-state index in [1.54, 1.807) is 18.0 Å². The van der Waals surface area contributed by atoms with E-state index < -0.39 is 0 Å². The van der Waals surface area contributed by atoms with Crippen LogP contribution in [0.3, 0.4) is 0 Å². The molecule has 0 bridgehead atoms. The average molecular weight is 399 g/mol. The molecule has 1 fully saturated rings. The van der Waals surface area contributed by atoms with Gasteiger partial charge in [0.05, 0.1) is 34.5 Å². The number of pyridine rings is 1. The number of methoxy groups -OCH3 is 1. The van der Waals surface area contributed by atoms with Crippen molar-refractivity contribution in [2.24, 2.45) is 5.92 Å². The first-order valence-electron chi connectivity index (χ1n) is 9.47. The molecule has 2 aromatic heterocycles. The zero-order valence-electron chi connectivity index (χ0n) is 16.3. The number of nitrogens with zero attached hydrogens (tertiary/aromatic N) is 4. The van der Waals surface area contributed by atoms with Crippen LogP contribution in [0.25, 0.3) is 16.7 Å². The molecule has 1 aliphatic heterocycles.